The minimum atomic E-state index is -0.685. The molecule has 0 saturated heterocycles. The molecule has 3 aromatic rings. The molecule has 28 heavy (non-hydrogen) atoms. The molecule has 0 amide bonds. The van der Waals surface area contributed by atoms with Crippen molar-refractivity contribution >= 4 is 5.97 Å². The zero-order valence-electron chi connectivity index (χ0n) is 15.5. The van der Waals surface area contributed by atoms with E-state index in [9.17, 15) is 4.79 Å². The number of benzene rings is 3. The maximum absolute atomic E-state index is 10.9. The van der Waals surface area contributed by atoms with Gasteiger partial charge in [0.05, 0.1) is 5.92 Å². The Balaban J connectivity index is 1.32. The highest BCUT2D eigenvalue weighted by Gasteiger charge is 2.35. The first kappa shape index (κ1) is 18.1. The lowest BCUT2D eigenvalue weighted by Gasteiger charge is -2.32. The third-order valence-electron chi connectivity index (χ3n) is 5.12. The first-order valence-corrected chi connectivity index (χ1v) is 9.45. The Labute approximate surface area is 164 Å². The van der Waals surface area contributed by atoms with Crippen LogP contribution in [0.25, 0.3) is 0 Å². The minimum Gasteiger partial charge on any atom is -0.489 e. The van der Waals surface area contributed by atoms with E-state index in [0.717, 1.165) is 35.7 Å². The smallest absolute Gasteiger partial charge is 0.306 e. The van der Waals surface area contributed by atoms with Crippen molar-refractivity contribution in [3.05, 3.63) is 90.0 Å². The fraction of sp³-hybridized carbons (Fsp3) is 0.208. The Morgan fingerprint density at radius 3 is 2.29 bits per heavy atom. The predicted molar refractivity (Wildman–Crippen MR) is 107 cm³/mol. The van der Waals surface area contributed by atoms with E-state index in [1.165, 1.54) is 5.56 Å². The molecule has 0 bridgehead atoms. The van der Waals surface area contributed by atoms with Crippen LogP contribution in [0.1, 0.15) is 29.9 Å². The molecule has 1 saturated carbocycles. The summed E-state index contributed by atoms with van der Waals surface area (Å²) in [4.78, 5) is 10.9. The Morgan fingerprint density at radius 2 is 1.57 bits per heavy atom. The number of hydrogen-bond acceptors (Lipinski definition) is 3. The number of para-hydroxylation sites is 1. The molecule has 3 aromatic carbocycles. The van der Waals surface area contributed by atoms with Gasteiger partial charge in [-0.1, -0.05) is 42.5 Å². The number of aliphatic carboxylic acids is 1. The predicted octanol–water partition coefficient (Wildman–Crippen LogP) is 5.64. The Bertz CT molecular complexity index is 928. The third kappa shape index (κ3) is 4.34. The summed E-state index contributed by atoms with van der Waals surface area (Å²) in [5.41, 5.74) is 2.21. The van der Waals surface area contributed by atoms with Gasteiger partial charge in [-0.05, 0) is 66.3 Å². The summed E-state index contributed by atoms with van der Waals surface area (Å²) in [6.07, 6.45) is 1.45. The molecule has 0 atom stereocenters. The van der Waals surface area contributed by atoms with E-state index in [-0.39, 0.29) is 5.92 Å². The van der Waals surface area contributed by atoms with Gasteiger partial charge in [0, 0.05) is 0 Å². The first-order valence-electron chi connectivity index (χ1n) is 9.45. The molecule has 1 N–H and O–H groups in total. The third-order valence-corrected chi connectivity index (χ3v) is 5.12. The van der Waals surface area contributed by atoms with Crippen molar-refractivity contribution in [3.63, 3.8) is 0 Å². The fourth-order valence-corrected chi connectivity index (χ4v) is 3.42. The van der Waals surface area contributed by atoms with Gasteiger partial charge >= 0.3 is 5.97 Å². The second-order valence-corrected chi connectivity index (χ2v) is 7.12. The first-order chi connectivity index (χ1) is 13.7. The van der Waals surface area contributed by atoms with Gasteiger partial charge in [0.25, 0.3) is 0 Å². The number of rotatable bonds is 7. The SMILES string of the molecule is O=C(O)C1CC(c2ccc(OCc3cccc(Oc4ccccc4)c3)cc2)C1. The van der Waals surface area contributed by atoms with Gasteiger partial charge in [-0.15, -0.1) is 0 Å². The van der Waals surface area contributed by atoms with Gasteiger partial charge in [-0.25, -0.2) is 0 Å². The van der Waals surface area contributed by atoms with Crippen LogP contribution in [0, 0.1) is 5.92 Å². The molecule has 0 heterocycles. The normalized spacial score (nSPS) is 18.1. The maximum Gasteiger partial charge on any atom is 0.306 e. The van der Waals surface area contributed by atoms with E-state index in [1.807, 2.05) is 78.9 Å². The molecule has 1 aliphatic rings. The van der Waals surface area contributed by atoms with Crippen molar-refractivity contribution < 1.29 is 19.4 Å². The highest BCUT2D eigenvalue weighted by atomic mass is 16.5. The summed E-state index contributed by atoms with van der Waals surface area (Å²) < 4.78 is 11.8. The second-order valence-electron chi connectivity index (χ2n) is 7.12. The number of hydrogen-bond donors (Lipinski definition) is 1. The molecule has 0 spiro atoms. The Hall–Kier alpha value is -3.27. The molecule has 1 aliphatic carbocycles. The van der Waals surface area contributed by atoms with Crippen LogP contribution < -0.4 is 9.47 Å². The summed E-state index contributed by atoms with van der Waals surface area (Å²) in [5, 5.41) is 8.99. The summed E-state index contributed by atoms with van der Waals surface area (Å²) in [5.74, 6) is 1.85. The number of carboxylic acid groups (broad SMARTS) is 1. The zero-order valence-corrected chi connectivity index (χ0v) is 15.5. The van der Waals surface area contributed by atoms with Crippen LogP contribution in [-0.2, 0) is 11.4 Å². The molecule has 1 fully saturated rings. The molecular weight excluding hydrogens is 352 g/mol. The lowest BCUT2D eigenvalue weighted by atomic mass is 9.71. The summed E-state index contributed by atoms with van der Waals surface area (Å²) in [7, 11) is 0. The van der Waals surface area contributed by atoms with Crippen molar-refractivity contribution in [2.24, 2.45) is 5.92 Å². The Kier molecular flexibility index (Phi) is 5.29. The van der Waals surface area contributed by atoms with E-state index < -0.39 is 5.97 Å². The summed E-state index contributed by atoms with van der Waals surface area (Å²) in [6.45, 7) is 0.454. The molecule has 4 heteroatoms. The quantitative estimate of drug-likeness (QED) is 0.582. The lowest BCUT2D eigenvalue weighted by Crippen LogP contribution is -2.28. The van der Waals surface area contributed by atoms with Crippen LogP contribution >= 0.6 is 0 Å². The minimum absolute atomic E-state index is 0.189. The van der Waals surface area contributed by atoms with E-state index in [1.54, 1.807) is 0 Å². The van der Waals surface area contributed by atoms with Gasteiger partial charge in [0.2, 0.25) is 0 Å². The summed E-state index contributed by atoms with van der Waals surface area (Å²) >= 11 is 0. The Morgan fingerprint density at radius 1 is 0.857 bits per heavy atom. The van der Waals surface area contributed by atoms with Gasteiger partial charge < -0.3 is 14.6 Å². The number of carbonyl (C=O) groups is 1. The second kappa shape index (κ2) is 8.17. The summed E-state index contributed by atoms with van der Waals surface area (Å²) in [6, 6.07) is 25.5. The van der Waals surface area contributed by atoms with Crippen LogP contribution in [0.2, 0.25) is 0 Å². The topological polar surface area (TPSA) is 55.8 Å². The van der Waals surface area contributed by atoms with Gasteiger partial charge in [0.15, 0.2) is 0 Å². The number of ether oxygens (including phenoxy) is 2. The molecule has 0 unspecified atom stereocenters. The molecule has 4 rings (SSSR count). The van der Waals surface area contributed by atoms with E-state index in [2.05, 4.69) is 0 Å². The van der Waals surface area contributed by atoms with Crippen LogP contribution in [-0.4, -0.2) is 11.1 Å². The fourth-order valence-electron chi connectivity index (χ4n) is 3.42. The molecule has 4 nitrogen and oxygen atoms in total. The number of carboxylic acids is 1. The molecule has 0 aromatic heterocycles. The van der Waals surface area contributed by atoms with Crippen LogP contribution in [0.15, 0.2) is 78.9 Å². The average Bonchev–Trinajstić information content (AvgIpc) is 2.67. The van der Waals surface area contributed by atoms with Gasteiger partial charge in [-0.2, -0.15) is 0 Å². The van der Waals surface area contributed by atoms with E-state index in [0.29, 0.717) is 12.5 Å². The highest BCUT2D eigenvalue weighted by Crippen LogP contribution is 2.42. The van der Waals surface area contributed by atoms with Gasteiger partial charge in [0.1, 0.15) is 23.9 Å². The lowest BCUT2D eigenvalue weighted by molar-refractivity contribution is -0.145. The van der Waals surface area contributed by atoms with Crippen molar-refractivity contribution in [2.75, 3.05) is 0 Å². The maximum atomic E-state index is 10.9. The molecule has 142 valence electrons. The van der Waals surface area contributed by atoms with Crippen LogP contribution in [0.5, 0.6) is 17.2 Å². The highest BCUT2D eigenvalue weighted by molar-refractivity contribution is 5.71. The van der Waals surface area contributed by atoms with Crippen LogP contribution in [0.4, 0.5) is 0 Å². The zero-order chi connectivity index (χ0) is 19.3. The monoisotopic (exact) mass is 374 g/mol. The molecule has 0 radical (unpaired) electrons. The molecular formula is C24H22O4. The van der Waals surface area contributed by atoms with Crippen molar-refractivity contribution in [2.45, 2.75) is 25.4 Å². The van der Waals surface area contributed by atoms with Crippen molar-refractivity contribution in [1.82, 2.24) is 0 Å². The van der Waals surface area contributed by atoms with E-state index >= 15 is 0 Å². The van der Waals surface area contributed by atoms with Crippen LogP contribution in [0.3, 0.4) is 0 Å². The van der Waals surface area contributed by atoms with Crippen molar-refractivity contribution in [1.29, 1.82) is 0 Å². The average molecular weight is 374 g/mol. The largest absolute Gasteiger partial charge is 0.489 e. The van der Waals surface area contributed by atoms with E-state index in [4.69, 9.17) is 14.6 Å². The van der Waals surface area contributed by atoms with Gasteiger partial charge in [-0.3, -0.25) is 4.79 Å². The molecule has 0 aliphatic heterocycles. The van der Waals surface area contributed by atoms with Crippen molar-refractivity contribution in [3.8, 4) is 17.2 Å². The standard InChI is InChI=1S/C24H22O4/c25-24(26)20-14-19(15-20)18-9-11-21(12-10-18)27-16-17-5-4-8-23(13-17)28-22-6-2-1-3-7-22/h1-13,19-20H,14-16H2,(H,25,26).